The monoisotopic (exact) mass is 369 g/mol. The first-order valence-electron chi connectivity index (χ1n) is 8.95. The van der Waals surface area contributed by atoms with E-state index in [0.29, 0.717) is 24.7 Å². The number of likely N-dealkylation sites (N-methyl/N-ethyl adjacent to an activating group) is 1. The zero-order chi connectivity index (χ0) is 19.6. The third kappa shape index (κ3) is 6.70. The Labute approximate surface area is 161 Å². The summed E-state index contributed by atoms with van der Waals surface area (Å²) in [6, 6.07) is 15.1. The van der Waals surface area contributed by atoms with Gasteiger partial charge in [0.2, 0.25) is 5.91 Å². The molecule has 0 N–H and O–H groups in total. The Morgan fingerprint density at radius 1 is 1.11 bits per heavy atom. The summed E-state index contributed by atoms with van der Waals surface area (Å²) in [7, 11) is 3.35. The molecule has 5 nitrogen and oxygen atoms in total. The number of benzene rings is 2. The molecule has 0 unspecified atom stereocenters. The summed E-state index contributed by atoms with van der Waals surface area (Å²) in [6.07, 6.45) is 3.37. The Bertz CT molecular complexity index is 756. The van der Waals surface area contributed by atoms with E-state index >= 15 is 0 Å². The fourth-order valence-corrected chi connectivity index (χ4v) is 2.36. The van der Waals surface area contributed by atoms with Gasteiger partial charge in [0.25, 0.3) is 0 Å². The highest BCUT2D eigenvalue weighted by atomic mass is 16.5. The molecule has 0 saturated heterocycles. The van der Waals surface area contributed by atoms with Crippen LogP contribution in [0.1, 0.15) is 19.4 Å². The molecule has 0 bridgehead atoms. The SMILES string of the molecule is COc1cc(/C=C/C(=O)N(C)CCOc2ccccc2)ccc1OC(C)C. The zero-order valence-corrected chi connectivity index (χ0v) is 16.3. The topological polar surface area (TPSA) is 48.0 Å². The molecule has 27 heavy (non-hydrogen) atoms. The molecule has 2 aromatic carbocycles. The molecule has 0 aliphatic carbocycles. The lowest BCUT2D eigenvalue weighted by Crippen LogP contribution is -2.29. The van der Waals surface area contributed by atoms with E-state index in [1.165, 1.54) is 0 Å². The number of nitrogens with zero attached hydrogens (tertiary/aromatic N) is 1. The van der Waals surface area contributed by atoms with Crippen molar-refractivity contribution < 1.29 is 19.0 Å². The second kappa shape index (κ2) is 10.3. The van der Waals surface area contributed by atoms with E-state index in [2.05, 4.69) is 0 Å². The van der Waals surface area contributed by atoms with Gasteiger partial charge in [-0.25, -0.2) is 0 Å². The maximum atomic E-state index is 12.3. The minimum absolute atomic E-state index is 0.0635. The largest absolute Gasteiger partial charge is 0.493 e. The Kier molecular flexibility index (Phi) is 7.74. The summed E-state index contributed by atoms with van der Waals surface area (Å²) in [5.74, 6) is 2.03. The number of ether oxygens (including phenoxy) is 3. The Morgan fingerprint density at radius 3 is 2.52 bits per heavy atom. The molecular formula is C22H27NO4. The van der Waals surface area contributed by atoms with Crippen molar-refractivity contribution >= 4 is 12.0 Å². The van der Waals surface area contributed by atoms with Crippen molar-refractivity contribution in [2.45, 2.75) is 20.0 Å². The van der Waals surface area contributed by atoms with Gasteiger partial charge in [0.1, 0.15) is 12.4 Å². The van der Waals surface area contributed by atoms with Crippen molar-refractivity contribution in [2.75, 3.05) is 27.3 Å². The normalized spacial score (nSPS) is 10.9. The Morgan fingerprint density at radius 2 is 1.85 bits per heavy atom. The molecule has 0 heterocycles. The average Bonchev–Trinajstić information content (AvgIpc) is 2.67. The average molecular weight is 369 g/mol. The van der Waals surface area contributed by atoms with Crippen LogP contribution in [0.2, 0.25) is 0 Å². The first-order chi connectivity index (χ1) is 13.0. The van der Waals surface area contributed by atoms with Gasteiger partial charge in [0, 0.05) is 13.1 Å². The molecule has 0 spiro atoms. The van der Waals surface area contributed by atoms with Crippen molar-refractivity contribution in [3.05, 3.63) is 60.2 Å². The zero-order valence-electron chi connectivity index (χ0n) is 16.3. The highest BCUT2D eigenvalue weighted by Crippen LogP contribution is 2.29. The molecule has 0 saturated carbocycles. The predicted molar refractivity (Wildman–Crippen MR) is 107 cm³/mol. The minimum atomic E-state index is -0.0897. The molecule has 0 fully saturated rings. The fraction of sp³-hybridized carbons (Fsp3) is 0.318. The third-order valence-electron chi connectivity index (χ3n) is 3.78. The van der Waals surface area contributed by atoms with Crippen LogP contribution in [0.5, 0.6) is 17.2 Å². The fourth-order valence-electron chi connectivity index (χ4n) is 2.36. The second-order valence-corrected chi connectivity index (χ2v) is 6.33. The van der Waals surface area contributed by atoms with Crippen LogP contribution in [0, 0.1) is 0 Å². The van der Waals surface area contributed by atoms with E-state index in [9.17, 15) is 4.79 Å². The van der Waals surface area contributed by atoms with Crippen LogP contribution in [0.15, 0.2) is 54.6 Å². The summed E-state index contributed by atoms with van der Waals surface area (Å²) in [5, 5.41) is 0. The number of para-hydroxylation sites is 1. The first-order valence-corrected chi connectivity index (χ1v) is 8.95. The number of carbonyl (C=O) groups excluding carboxylic acids is 1. The van der Waals surface area contributed by atoms with Crippen molar-refractivity contribution in [3.63, 3.8) is 0 Å². The molecule has 0 aliphatic heterocycles. The molecule has 0 atom stereocenters. The quantitative estimate of drug-likeness (QED) is 0.626. The van der Waals surface area contributed by atoms with Gasteiger partial charge in [-0.15, -0.1) is 0 Å². The summed E-state index contributed by atoms with van der Waals surface area (Å²) in [5.41, 5.74) is 0.866. The van der Waals surface area contributed by atoms with Crippen molar-refractivity contribution in [2.24, 2.45) is 0 Å². The number of hydrogen-bond donors (Lipinski definition) is 0. The van der Waals surface area contributed by atoms with Crippen LogP contribution in [-0.2, 0) is 4.79 Å². The summed E-state index contributed by atoms with van der Waals surface area (Å²) in [4.78, 5) is 13.9. The van der Waals surface area contributed by atoms with E-state index in [1.807, 2.05) is 62.4 Å². The van der Waals surface area contributed by atoms with Crippen LogP contribution in [0.4, 0.5) is 0 Å². The van der Waals surface area contributed by atoms with Gasteiger partial charge >= 0.3 is 0 Å². The predicted octanol–water partition coefficient (Wildman–Crippen LogP) is 4.03. The minimum Gasteiger partial charge on any atom is -0.493 e. The molecule has 0 radical (unpaired) electrons. The van der Waals surface area contributed by atoms with Gasteiger partial charge < -0.3 is 19.1 Å². The van der Waals surface area contributed by atoms with Crippen molar-refractivity contribution in [1.29, 1.82) is 0 Å². The van der Waals surface area contributed by atoms with Crippen LogP contribution in [0.3, 0.4) is 0 Å². The van der Waals surface area contributed by atoms with E-state index in [4.69, 9.17) is 14.2 Å². The van der Waals surface area contributed by atoms with Gasteiger partial charge in [-0.3, -0.25) is 4.79 Å². The summed E-state index contributed by atoms with van der Waals surface area (Å²) in [6.45, 7) is 4.87. The molecule has 2 rings (SSSR count). The molecule has 144 valence electrons. The highest BCUT2D eigenvalue weighted by Gasteiger charge is 2.08. The summed E-state index contributed by atoms with van der Waals surface area (Å²) >= 11 is 0. The van der Waals surface area contributed by atoms with E-state index in [1.54, 1.807) is 31.2 Å². The molecule has 2 aromatic rings. The standard InChI is InChI=1S/C22H27NO4/c1-17(2)27-20-12-10-18(16-21(20)25-4)11-13-22(24)23(3)14-15-26-19-8-6-5-7-9-19/h5-13,16-17H,14-15H2,1-4H3/b13-11+. The lowest BCUT2D eigenvalue weighted by Gasteiger charge is -2.16. The molecule has 1 amide bonds. The number of hydrogen-bond acceptors (Lipinski definition) is 4. The lowest BCUT2D eigenvalue weighted by atomic mass is 10.2. The number of carbonyl (C=O) groups is 1. The van der Waals surface area contributed by atoms with E-state index in [-0.39, 0.29) is 12.0 Å². The highest BCUT2D eigenvalue weighted by molar-refractivity contribution is 5.91. The maximum Gasteiger partial charge on any atom is 0.246 e. The maximum absolute atomic E-state index is 12.3. The van der Waals surface area contributed by atoms with E-state index < -0.39 is 0 Å². The van der Waals surface area contributed by atoms with Gasteiger partial charge in [0.05, 0.1) is 19.8 Å². The number of rotatable bonds is 9. The molecular weight excluding hydrogens is 342 g/mol. The Balaban J connectivity index is 1.89. The summed E-state index contributed by atoms with van der Waals surface area (Å²) < 4.78 is 16.7. The Hall–Kier alpha value is -2.95. The first kappa shape index (κ1) is 20.4. The van der Waals surface area contributed by atoms with Crippen LogP contribution < -0.4 is 14.2 Å². The van der Waals surface area contributed by atoms with Gasteiger partial charge in [0.15, 0.2) is 11.5 Å². The van der Waals surface area contributed by atoms with Crippen molar-refractivity contribution in [3.8, 4) is 17.2 Å². The van der Waals surface area contributed by atoms with E-state index in [0.717, 1.165) is 11.3 Å². The third-order valence-corrected chi connectivity index (χ3v) is 3.78. The molecule has 0 aliphatic rings. The van der Waals surface area contributed by atoms with Crippen LogP contribution in [-0.4, -0.2) is 44.2 Å². The second-order valence-electron chi connectivity index (χ2n) is 6.33. The number of methoxy groups -OCH3 is 1. The molecule has 5 heteroatoms. The number of amides is 1. The van der Waals surface area contributed by atoms with Crippen molar-refractivity contribution in [1.82, 2.24) is 4.90 Å². The lowest BCUT2D eigenvalue weighted by molar-refractivity contribution is -0.125. The smallest absolute Gasteiger partial charge is 0.246 e. The van der Waals surface area contributed by atoms with Crippen LogP contribution in [0.25, 0.3) is 6.08 Å². The van der Waals surface area contributed by atoms with Gasteiger partial charge in [-0.05, 0) is 49.8 Å². The van der Waals surface area contributed by atoms with Gasteiger partial charge in [-0.2, -0.15) is 0 Å². The van der Waals surface area contributed by atoms with Crippen LogP contribution >= 0.6 is 0 Å². The molecule has 0 aromatic heterocycles. The van der Waals surface area contributed by atoms with Gasteiger partial charge in [-0.1, -0.05) is 24.3 Å².